The van der Waals surface area contributed by atoms with E-state index in [4.69, 9.17) is 0 Å². The molecule has 0 aliphatic carbocycles. The lowest BCUT2D eigenvalue weighted by atomic mass is 10.1. The van der Waals surface area contributed by atoms with Crippen molar-refractivity contribution in [3.63, 3.8) is 0 Å². The highest BCUT2D eigenvalue weighted by molar-refractivity contribution is 7.10. The molecule has 2 aromatic rings. The highest BCUT2D eigenvalue weighted by Crippen LogP contribution is 2.34. The summed E-state index contributed by atoms with van der Waals surface area (Å²) in [6.07, 6.45) is -4.48. The van der Waals surface area contributed by atoms with E-state index < -0.39 is 17.2 Å². The van der Waals surface area contributed by atoms with Gasteiger partial charge in [0.1, 0.15) is 5.36 Å². The quantitative estimate of drug-likeness (QED) is 0.807. The number of urea groups is 1. The molecule has 0 saturated heterocycles. The van der Waals surface area contributed by atoms with Crippen LogP contribution in [0.3, 0.4) is 0 Å². The Kier molecular flexibility index (Phi) is 2.68. The molecule has 0 saturated carbocycles. The first-order valence-corrected chi connectivity index (χ1v) is 6.25. The number of hydrogen-bond acceptors (Lipinski definition) is 4. The first-order chi connectivity index (χ1) is 9.34. The number of fused-ring (bicyclic) bond motifs is 1. The van der Waals surface area contributed by atoms with Gasteiger partial charge in [0.05, 0.1) is 5.69 Å². The van der Waals surface area contributed by atoms with Crippen LogP contribution in [0, 0.1) is 6.92 Å². The van der Waals surface area contributed by atoms with Crippen LogP contribution in [0.25, 0.3) is 11.3 Å². The molecular weight excluding hydrogens is 293 g/mol. The second kappa shape index (κ2) is 4.17. The van der Waals surface area contributed by atoms with Crippen molar-refractivity contribution in [3.8, 4) is 11.3 Å². The second-order valence-corrected chi connectivity index (χ2v) is 4.86. The number of carbonyl (C=O) groups excluding carboxylic acids is 1. The Labute approximate surface area is 113 Å². The van der Waals surface area contributed by atoms with Crippen molar-refractivity contribution in [2.24, 2.45) is 9.98 Å². The van der Waals surface area contributed by atoms with E-state index in [1.165, 1.54) is 11.4 Å². The average Bonchev–Trinajstić information content (AvgIpc) is 2.92. The van der Waals surface area contributed by atoms with Crippen molar-refractivity contribution in [3.05, 3.63) is 33.0 Å². The van der Waals surface area contributed by atoms with E-state index in [-0.39, 0.29) is 16.5 Å². The second-order valence-electron chi connectivity index (χ2n) is 4.01. The molecule has 0 fully saturated rings. The number of pyridine rings is 1. The first-order valence-electron chi connectivity index (χ1n) is 5.37. The Hall–Kier alpha value is -2.16. The molecular formula is C11H5F3N4OS. The van der Waals surface area contributed by atoms with Crippen LogP contribution in [0.1, 0.15) is 10.7 Å². The van der Waals surface area contributed by atoms with Gasteiger partial charge in [-0.15, -0.1) is 11.3 Å². The monoisotopic (exact) mass is 298 g/mol. The first kappa shape index (κ1) is 12.9. The van der Waals surface area contributed by atoms with Gasteiger partial charge in [0, 0.05) is 16.6 Å². The SMILES string of the molecule is Cc1nc2c(cc1-c1csc(C(F)(F)F)n1)=NC(=O)N=2. The minimum atomic E-state index is -4.48. The standard InChI is InChI=1S/C11H5F3N4OS/c1-4-5(2-6-8(15-4)18-10(19)17-6)7-3-20-9(16-7)11(12,13)14/h2-3H,1H3. The maximum Gasteiger partial charge on any atom is 0.443 e. The molecule has 20 heavy (non-hydrogen) atoms. The molecule has 0 bridgehead atoms. The molecule has 0 N–H and O–H groups in total. The topological polar surface area (TPSA) is 67.6 Å². The van der Waals surface area contributed by atoms with Crippen LogP contribution in [0.2, 0.25) is 0 Å². The number of aromatic nitrogens is 2. The van der Waals surface area contributed by atoms with Gasteiger partial charge in [0.25, 0.3) is 0 Å². The summed E-state index contributed by atoms with van der Waals surface area (Å²) in [6.45, 7) is 1.61. The lowest BCUT2D eigenvalue weighted by Gasteiger charge is -2.01. The van der Waals surface area contributed by atoms with Crippen LogP contribution in [-0.2, 0) is 6.18 Å². The number of amides is 2. The van der Waals surface area contributed by atoms with Crippen molar-refractivity contribution >= 4 is 17.4 Å². The van der Waals surface area contributed by atoms with E-state index in [2.05, 4.69) is 20.0 Å². The molecule has 0 unspecified atom stereocenters. The number of rotatable bonds is 1. The minimum absolute atomic E-state index is 0.157. The Morgan fingerprint density at radius 3 is 2.60 bits per heavy atom. The predicted molar refractivity (Wildman–Crippen MR) is 62.8 cm³/mol. The van der Waals surface area contributed by atoms with Crippen molar-refractivity contribution in [1.29, 1.82) is 0 Å². The summed E-state index contributed by atoms with van der Waals surface area (Å²) in [5.74, 6) is 0. The Morgan fingerprint density at radius 1 is 1.20 bits per heavy atom. The molecule has 0 spiro atoms. The number of halogens is 3. The summed E-state index contributed by atoms with van der Waals surface area (Å²) >= 11 is 0.509. The van der Waals surface area contributed by atoms with Gasteiger partial charge >= 0.3 is 12.2 Å². The fourth-order valence-corrected chi connectivity index (χ4v) is 2.44. The van der Waals surface area contributed by atoms with Gasteiger partial charge in [-0.3, -0.25) is 0 Å². The van der Waals surface area contributed by atoms with Crippen LogP contribution in [0.5, 0.6) is 0 Å². The van der Waals surface area contributed by atoms with Gasteiger partial charge in [-0.25, -0.2) is 14.8 Å². The third-order valence-corrected chi connectivity index (χ3v) is 3.50. The largest absolute Gasteiger partial charge is 0.443 e. The summed E-state index contributed by atoms with van der Waals surface area (Å²) in [5.41, 5.74) is 1.19. The predicted octanol–water partition coefficient (Wildman–Crippen LogP) is 1.91. The smallest absolute Gasteiger partial charge is 0.244 e. The van der Waals surface area contributed by atoms with Crippen LogP contribution in [0.15, 0.2) is 21.4 Å². The molecule has 1 aliphatic rings. The maximum atomic E-state index is 12.5. The molecule has 0 aromatic carbocycles. The summed E-state index contributed by atoms with van der Waals surface area (Å²) < 4.78 is 37.6. The molecule has 3 heterocycles. The summed E-state index contributed by atoms with van der Waals surface area (Å²) in [6, 6.07) is 0.805. The fraction of sp³-hybridized carbons (Fsp3) is 0.182. The summed E-state index contributed by atoms with van der Waals surface area (Å²) in [5, 5.41) is 0.620. The van der Waals surface area contributed by atoms with Crippen molar-refractivity contribution in [1.82, 2.24) is 9.97 Å². The number of carbonyl (C=O) groups is 1. The number of thiazole rings is 1. The number of nitrogens with zero attached hydrogens (tertiary/aromatic N) is 4. The molecule has 2 aromatic heterocycles. The Morgan fingerprint density at radius 2 is 1.95 bits per heavy atom. The Balaban J connectivity index is 2.15. The molecule has 0 radical (unpaired) electrons. The van der Waals surface area contributed by atoms with E-state index in [1.54, 1.807) is 6.92 Å². The number of hydrogen-bond donors (Lipinski definition) is 0. The van der Waals surface area contributed by atoms with Gasteiger partial charge < -0.3 is 0 Å². The molecule has 2 amide bonds. The zero-order valence-electron chi connectivity index (χ0n) is 9.89. The van der Waals surface area contributed by atoms with Gasteiger partial charge in [-0.2, -0.15) is 23.2 Å². The molecule has 102 valence electrons. The highest BCUT2D eigenvalue weighted by Gasteiger charge is 2.34. The highest BCUT2D eigenvalue weighted by atomic mass is 32.1. The van der Waals surface area contributed by atoms with Gasteiger partial charge in [0.15, 0.2) is 10.5 Å². The van der Waals surface area contributed by atoms with E-state index in [9.17, 15) is 18.0 Å². The van der Waals surface area contributed by atoms with Gasteiger partial charge in [0.2, 0.25) is 0 Å². The Bertz CT molecular complexity index is 840. The number of alkyl halides is 3. The van der Waals surface area contributed by atoms with Crippen molar-refractivity contribution in [2.75, 3.05) is 0 Å². The van der Waals surface area contributed by atoms with Gasteiger partial charge in [-0.05, 0) is 13.0 Å². The van der Waals surface area contributed by atoms with Crippen molar-refractivity contribution < 1.29 is 18.0 Å². The van der Waals surface area contributed by atoms with Crippen LogP contribution in [0.4, 0.5) is 18.0 Å². The zero-order chi connectivity index (χ0) is 14.5. The lowest BCUT2D eigenvalue weighted by molar-refractivity contribution is -0.137. The van der Waals surface area contributed by atoms with Gasteiger partial charge in [-0.1, -0.05) is 0 Å². The molecule has 1 aliphatic heterocycles. The normalized spacial score (nSPS) is 13.9. The summed E-state index contributed by atoms with van der Waals surface area (Å²) in [7, 11) is 0. The van der Waals surface area contributed by atoms with E-state index in [0.717, 1.165) is 0 Å². The summed E-state index contributed by atoms with van der Waals surface area (Å²) in [4.78, 5) is 25.9. The molecule has 9 heteroatoms. The van der Waals surface area contributed by atoms with Crippen LogP contribution in [-0.4, -0.2) is 16.0 Å². The van der Waals surface area contributed by atoms with Crippen LogP contribution < -0.4 is 10.8 Å². The molecule has 3 rings (SSSR count). The maximum absolute atomic E-state index is 12.5. The minimum Gasteiger partial charge on any atom is -0.244 e. The third-order valence-electron chi connectivity index (χ3n) is 2.61. The van der Waals surface area contributed by atoms with E-state index in [0.29, 0.717) is 22.6 Å². The third kappa shape index (κ3) is 2.09. The van der Waals surface area contributed by atoms with Crippen molar-refractivity contribution in [2.45, 2.75) is 13.1 Å². The van der Waals surface area contributed by atoms with E-state index >= 15 is 0 Å². The average molecular weight is 298 g/mol. The van der Waals surface area contributed by atoms with Crippen LogP contribution >= 0.6 is 11.3 Å². The molecule has 5 nitrogen and oxygen atoms in total. The zero-order valence-corrected chi connectivity index (χ0v) is 10.7. The fourth-order valence-electron chi connectivity index (χ4n) is 1.75. The lowest BCUT2D eigenvalue weighted by Crippen LogP contribution is -2.26. The molecule has 0 atom stereocenters. The van der Waals surface area contributed by atoms with E-state index in [1.807, 2.05) is 0 Å². The number of aryl methyl sites for hydroxylation is 1.